The highest BCUT2D eigenvalue weighted by atomic mass is 32.2. The van der Waals surface area contributed by atoms with E-state index in [1.165, 1.54) is 20.1 Å². The van der Waals surface area contributed by atoms with Crippen LogP contribution in [0.3, 0.4) is 0 Å². The van der Waals surface area contributed by atoms with Gasteiger partial charge in [-0.1, -0.05) is 42.0 Å². The van der Waals surface area contributed by atoms with Crippen molar-refractivity contribution in [3.63, 3.8) is 0 Å². The molecule has 0 aliphatic heterocycles. The zero-order chi connectivity index (χ0) is 27.0. The molecule has 0 aliphatic rings. The Kier molecular flexibility index (Phi) is 9.21. The first-order valence-corrected chi connectivity index (χ1v) is 13.6. The highest BCUT2D eigenvalue weighted by Gasteiger charge is 2.20. The Morgan fingerprint density at radius 2 is 1.78 bits per heavy atom. The lowest BCUT2D eigenvalue weighted by Gasteiger charge is -2.13. The zero-order valence-corrected chi connectivity index (χ0v) is 22.4. The number of aryl methyl sites for hydroxylation is 2. The third-order valence-corrected chi connectivity index (χ3v) is 8.08. The molecule has 37 heavy (non-hydrogen) atoms. The Bertz CT molecular complexity index is 1460. The van der Waals surface area contributed by atoms with E-state index < -0.39 is 15.7 Å². The maximum absolute atomic E-state index is 12.5. The summed E-state index contributed by atoms with van der Waals surface area (Å²) in [6.07, 6.45) is 1.37. The van der Waals surface area contributed by atoms with Gasteiger partial charge in [0, 0.05) is 0 Å². The summed E-state index contributed by atoms with van der Waals surface area (Å²) in [5, 5.41) is 19.1. The van der Waals surface area contributed by atoms with Crippen molar-refractivity contribution >= 4 is 38.3 Å². The molecular formula is C25H26N4O6S2. The van der Waals surface area contributed by atoms with Crippen molar-refractivity contribution in [1.29, 1.82) is 5.26 Å². The van der Waals surface area contributed by atoms with E-state index in [0.717, 1.165) is 28.2 Å². The molecular weight excluding hydrogens is 516 g/mol. The van der Waals surface area contributed by atoms with Gasteiger partial charge in [-0.3, -0.25) is 10.1 Å². The number of nitriles is 1. The van der Waals surface area contributed by atoms with Gasteiger partial charge in [-0.05, 0) is 49.2 Å². The predicted molar refractivity (Wildman–Crippen MR) is 140 cm³/mol. The number of nitrogens with one attached hydrogen (secondary N) is 1. The number of rotatable bonds is 11. The van der Waals surface area contributed by atoms with Gasteiger partial charge in [0.15, 0.2) is 11.5 Å². The van der Waals surface area contributed by atoms with Gasteiger partial charge < -0.3 is 14.2 Å². The fourth-order valence-electron chi connectivity index (χ4n) is 3.15. The van der Waals surface area contributed by atoms with Gasteiger partial charge in [0.25, 0.3) is 5.91 Å². The average molecular weight is 543 g/mol. The summed E-state index contributed by atoms with van der Waals surface area (Å²) in [4.78, 5) is 12.5. The Hall–Kier alpha value is -3.95. The number of amides is 1. The van der Waals surface area contributed by atoms with E-state index >= 15 is 0 Å². The molecule has 1 amide bonds. The quantitative estimate of drug-likeness (QED) is 0.165. The SMILES string of the molecule is CCS(=O)(=O)c1nnc(NC(=O)/C(C#N)=C\c2ccc(OCCOc3ccc(C)cc3C)c(OC)c2)s1. The fraction of sp³-hybridized carbons (Fsp3) is 0.280. The van der Waals surface area contributed by atoms with Crippen molar-refractivity contribution in [1.82, 2.24) is 10.2 Å². The predicted octanol–water partition coefficient (Wildman–Crippen LogP) is 3.96. The third-order valence-electron chi connectivity index (χ3n) is 5.07. The Balaban J connectivity index is 1.65. The summed E-state index contributed by atoms with van der Waals surface area (Å²) >= 11 is 0.719. The second kappa shape index (κ2) is 12.3. The van der Waals surface area contributed by atoms with Crippen LogP contribution in [0.1, 0.15) is 23.6 Å². The van der Waals surface area contributed by atoms with Crippen LogP contribution >= 0.6 is 11.3 Å². The molecule has 0 aliphatic carbocycles. The minimum absolute atomic E-state index is 0.0254. The summed E-state index contributed by atoms with van der Waals surface area (Å²) in [6, 6.07) is 12.8. The van der Waals surface area contributed by atoms with Gasteiger partial charge in [0.2, 0.25) is 19.3 Å². The molecule has 0 saturated heterocycles. The maximum Gasteiger partial charge on any atom is 0.268 e. The van der Waals surface area contributed by atoms with E-state index in [4.69, 9.17) is 14.2 Å². The molecule has 3 rings (SSSR count). The molecule has 1 heterocycles. The molecule has 0 atom stereocenters. The highest BCUT2D eigenvalue weighted by molar-refractivity contribution is 7.93. The molecule has 0 unspecified atom stereocenters. The minimum Gasteiger partial charge on any atom is -0.493 e. The van der Waals surface area contributed by atoms with E-state index in [0.29, 0.717) is 23.7 Å². The minimum atomic E-state index is -3.55. The van der Waals surface area contributed by atoms with Crippen molar-refractivity contribution in [2.24, 2.45) is 0 Å². The molecule has 194 valence electrons. The van der Waals surface area contributed by atoms with Gasteiger partial charge in [-0.2, -0.15) is 5.26 Å². The zero-order valence-electron chi connectivity index (χ0n) is 20.8. The van der Waals surface area contributed by atoms with Crippen LogP contribution in [0.2, 0.25) is 0 Å². The normalized spacial score (nSPS) is 11.5. The van der Waals surface area contributed by atoms with Gasteiger partial charge in [0.05, 0.1) is 12.9 Å². The van der Waals surface area contributed by atoms with E-state index in [1.54, 1.807) is 18.2 Å². The lowest BCUT2D eigenvalue weighted by atomic mass is 10.1. The smallest absolute Gasteiger partial charge is 0.268 e. The number of hydrogen-bond donors (Lipinski definition) is 1. The largest absolute Gasteiger partial charge is 0.493 e. The molecule has 0 radical (unpaired) electrons. The number of benzene rings is 2. The van der Waals surface area contributed by atoms with Crippen LogP contribution in [-0.4, -0.2) is 50.6 Å². The first kappa shape index (κ1) is 27.6. The number of hydrogen-bond acceptors (Lipinski definition) is 10. The van der Waals surface area contributed by atoms with Crippen molar-refractivity contribution < 1.29 is 27.4 Å². The lowest BCUT2D eigenvalue weighted by molar-refractivity contribution is -0.112. The van der Waals surface area contributed by atoms with E-state index in [1.807, 2.05) is 38.1 Å². The molecule has 0 saturated carbocycles. The lowest BCUT2D eigenvalue weighted by Crippen LogP contribution is -2.13. The van der Waals surface area contributed by atoms with E-state index in [9.17, 15) is 18.5 Å². The second-order valence-electron chi connectivity index (χ2n) is 7.78. The molecule has 0 spiro atoms. The second-order valence-corrected chi connectivity index (χ2v) is 11.2. The molecule has 0 bridgehead atoms. The summed E-state index contributed by atoms with van der Waals surface area (Å²) in [6.45, 7) is 6.10. The molecule has 1 aromatic heterocycles. The molecule has 10 nitrogen and oxygen atoms in total. The first-order valence-electron chi connectivity index (χ1n) is 11.2. The van der Waals surface area contributed by atoms with Crippen LogP contribution in [0.25, 0.3) is 6.08 Å². The number of carbonyl (C=O) groups excluding carboxylic acids is 1. The van der Waals surface area contributed by atoms with Gasteiger partial charge in [-0.25, -0.2) is 8.42 Å². The molecule has 3 aromatic rings. The fourth-order valence-corrected chi connectivity index (χ4v) is 5.13. The third kappa shape index (κ3) is 7.28. The summed E-state index contributed by atoms with van der Waals surface area (Å²) in [5.41, 5.74) is 2.51. The van der Waals surface area contributed by atoms with E-state index in [2.05, 4.69) is 15.5 Å². The van der Waals surface area contributed by atoms with Crippen molar-refractivity contribution in [3.05, 3.63) is 58.7 Å². The Labute approximate surface area is 219 Å². The van der Waals surface area contributed by atoms with Crippen LogP contribution in [-0.2, 0) is 14.6 Å². The van der Waals surface area contributed by atoms with Crippen molar-refractivity contribution in [2.75, 3.05) is 31.4 Å². The van der Waals surface area contributed by atoms with Crippen LogP contribution in [0, 0.1) is 25.2 Å². The van der Waals surface area contributed by atoms with Crippen molar-refractivity contribution in [3.8, 4) is 23.3 Å². The van der Waals surface area contributed by atoms with Gasteiger partial charge in [0.1, 0.15) is 30.6 Å². The standard InChI is InChI=1S/C25H26N4O6S2/c1-5-37(31,32)25-29-28-24(36-25)27-23(30)19(15-26)13-18-7-9-21(22(14-18)33-4)35-11-10-34-20-8-6-16(2)12-17(20)3/h6-9,12-14H,5,10-11H2,1-4H3,(H,27,28,30)/b19-13-. The Morgan fingerprint density at radius 3 is 2.43 bits per heavy atom. The summed E-state index contributed by atoms with van der Waals surface area (Å²) < 4.78 is 40.6. The number of anilines is 1. The molecule has 2 aromatic carbocycles. The molecule has 0 fully saturated rings. The monoisotopic (exact) mass is 542 g/mol. The summed E-state index contributed by atoms with van der Waals surface area (Å²) in [5.74, 6) is 0.796. The number of ether oxygens (including phenoxy) is 3. The summed E-state index contributed by atoms with van der Waals surface area (Å²) in [7, 11) is -2.06. The molecule has 1 N–H and O–H groups in total. The number of sulfone groups is 1. The van der Waals surface area contributed by atoms with Gasteiger partial charge in [-0.15, -0.1) is 10.2 Å². The number of carbonyl (C=O) groups is 1. The van der Waals surface area contributed by atoms with E-state index in [-0.39, 0.29) is 27.4 Å². The van der Waals surface area contributed by atoms with Gasteiger partial charge >= 0.3 is 0 Å². The highest BCUT2D eigenvalue weighted by Crippen LogP contribution is 2.29. The number of nitrogens with zero attached hydrogens (tertiary/aromatic N) is 3. The average Bonchev–Trinajstić information content (AvgIpc) is 3.36. The van der Waals surface area contributed by atoms with Crippen LogP contribution in [0.5, 0.6) is 17.2 Å². The molecule has 12 heteroatoms. The van der Waals surface area contributed by atoms with Crippen LogP contribution in [0.15, 0.2) is 46.3 Å². The first-order chi connectivity index (χ1) is 17.7. The number of aromatic nitrogens is 2. The topological polar surface area (TPSA) is 140 Å². The van der Waals surface area contributed by atoms with Crippen molar-refractivity contribution in [2.45, 2.75) is 25.1 Å². The van der Waals surface area contributed by atoms with Crippen LogP contribution in [0.4, 0.5) is 5.13 Å². The maximum atomic E-state index is 12.5. The Morgan fingerprint density at radius 1 is 1.08 bits per heavy atom. The van der Waals surface area contributed by atoms with Crippen LogP contribution < -0.4 is 19.5 Å². The number of methoxy groups -OCH3 is 1.